The molecule has 0 aliphatic carbocycles. The van der Waals surface area contributed by atoms with Gasteiger partial charge in [0.05, 0.1) is 40.6 Å². The number of carbonyl (C=O) groups is 1. The van der Waals surface area contributed by atoms with Crippen LogP contribution in [0.15, 0.2) is 41.0 Å². The number of quaternary nitrogens is 1. The summed E-state index contributed by atoms with van der Waals surface area (Å²) in [6.45, 7) is 3.12. The van der Waals surface area contributed by atoms with Gasteiger partial charge < -0.3 is 24.1 Å². The Balaban J connectivity index is 2.04. The molecular weight excluding hydrogens is 320 g/mol. The van der Waals surface area contributed by atoms with E-state index in [0.29, 0.717) is 30.2 Å². The summed E-state index contributed by atoms with van der Waals surface area (Å²) in [5, 5.41) is 2.97. The summed E-state index contributed by atoms with van der Waals surface area (Å²) in [4.78, 5) is 13.7. The fourth-order valence-corrected chi connectivity index (χ4v) is 2.52. The Hall–Kier alpha value is -2.47. The average Bonchev–Trinajstić information content (AvgIpc) is 3.13. The normalized spacial score (nSPS) is 12.0. The maximum atomic E-state index is 12.5. The van der Waals surface area contributed by atoms with Crippen molar-refractivity contribution in [2.75, 3.05) is 34.4 Å². The van der Waals surface area contributed by atoms with Gasteiger partial charge in [-0.3, -0.25) is 4.79 Å². The van der Waals surface area contributed by atoms with E-state index >= 15 is 0 Å². The molecule has 1 amide bonds. The number of amides is 1. The lowest BCUT2D eigenvalue weighted by atomic mass is 10.1. The van der Waals surface area contributed by atoms with E-state index in [4.69, 9.17) is 13.9 Å². The number of rotatable bonds is 9. The first-order valence-electron chi connectivity index (χ1n) is 8.49. The minimum atomic E-state index is -0.154. The van der Waals surface area contributed by atoms with Gasteiger partial charge in [0.15, 0.2) is 23.3 Å². The molecule has 1 atom stereocenters. The second-order valence-corrected chi connectivity index (χ2v) is 6.07. The first kappa shape index (κ1) is 18.9. The highest BCUT2D eigenvalue weighted by molar-refractivity contribution is 5.94. The Labute approximate surface area is 148 Å². The monoisotopic (exact) mass is 347 g/mol. The van der Waals surface area contributed by atoms with Gasteiger partial charge in [-0.15, -0.1) is 0 Å². The standard InChI is InChI=1S/C19H26N2O4/c1-5-10-24-17-9-8-14(12-18(17)23-4)19(22)20-13-15(21(2)3)16-7-6-11-25-16/h6-9,11-12,15H,5,10,13H2,1-4H3,(H,20,22)/p+1/t15-/m0/s1. The molecule has 0 aliphatic rings. The Morgan fingerprint density at radius 3 is 2.68 bits per heavy atom. The van der Waals surface area contributed by atoms with Gasteiger partial charge >= 0.3 is 0 Å². The third kappa shape index (κ3) is 5.00. The van der Waals surface area contributed by atoms with Crippen LogP contribution < -0.4 is 19.7 Å². The summed E-state index contributed by atoms with van der Waals surface area (Å²) in [7, 11) is 5.63. The van der Waals surface area contributed by atoms with Gasteiger partial charge in [-0.2, -0.15) is 0 Å². The average molecular weight is 347 g/mol. The van der Waals surface area contributed by atoms with Crippen molar-refractivity contribution in [2.24, 2.45) is 0 Å². The number of hydrogen-bond donors (Lipinski definition) is 2. The highest BCUT2D eigenvalue weighted by Crippen LogP contribution is 2.28. The van der Waals surface area contributed by atoms with Gasteiger partial charge in [-0.1, -0.05) is 6.92 Å². The minimum absolute atomic E-state index is 0.0491. The van der Waals surface area contributed by atoms with Gasteiger partial charge in [-0.25, -0.2) is 0 Å². The number of furan rings is 1. The number of benzene rings is 1. The third-order valence-corrected chi connectivity index (χ3v) is 3.94. The molecule has 0 bridgehead atoms. The van der Waals surface area contributed by atoms with Crippen LogP contribution in [0, 0.1) is 0 Å². The molecule has 0 spiro atoms. The molecule has 25 heavy (non-hydrogen) atoms. The molecule has 0 fully saturated rings. The number of carbonyl (C=O) groups excluding carboxylic acids is 1. The molecule has 6 nitrogen and oxygen atoms in total. The summed E-state index contributed by atoms with van der Waals surface area (Å²) in [5.74, 6) is 1.90. The van der Waals surface area contributed by atoms with Crippen LogP contribution in [0.4, 0.5) is 0 Å². The van der Waals surface area contributed by atoms with E-state index in [0.717, 1.165) is 12.2 Å². The summed E-state index contributed by atoms with van der Waals surface area (Å²) in [5.41, 5.74) is 0.535. The fraction of sp³-hybridized carbons (Fsp3) is 0.421. The summed E-state index contributed by atoms with van der Waals surface area (Å²) in [6, 6.07) is 9.04. The van der Waals surface area contributed by atoms with Crippen LogP contribution in [-0.2, 0) is 0 Å². The predicted octanol–water partition coefficient (Wildman–Crippen LogP) is 1.69. The molecule has 0 saturated heterocycles. The lowest BCUT2D eigenvalue weighted by Crippen LogP contribution is -3.07. The van der Waals surface area contributed by atoms with E-state index in [-0.39, 0.29) is 11.9 Å². The number of likely N-dealkylation sites (N-methyl/N-ethyl adjacent to an activating group) is 1. The highest BCUT2D eigenvalue weighted by Gasteiger charge is 2.22. The van der Waals surface area contributed by atoms with Crippen molar-refractivity contribution in [3.05, 3.63) is 47.9 Å². The summed E-state index contributed by atoms with van der Waals surface area (Å²) >= 11 is 0. The van der Waals surface area contributed by atoms with Gasteiger partial charge in [0.25, 0.3) is 5.91 Å². The third-order valence-electron chi connectivity index (χ3n) is 3.94. The molecule has 0 aliphatic heterocycles. The van der Waals surface area contributed by atoms with E-state index in [1.165, 1.54) is 4.90 Å². The van der Waals surface area contributed by atoms with Crippen molar-refractivity contribution < 1.29 is 23.6 Å². The number of ether oxygens (including phenoxy) is 2. The Morgan fingerprint density at radius 1 is 1.28 bits per heavy atom. The van der Waals surface area contributed by atoms with Gasteiger partial charge in [0.2, 0.25) is 0 Å². The molecule has 2 aromatic rings. The lowest BCUT2D eigenvalue weighted by molar-refractivity contribution is -0.891. The van der Waals surface area contributed by atoms with Crippen molar-refractivity contribution in [3.63, 3.8) is 0 Å². The lowest BCUT2D eigenvalue weighted by Gasteiger charge is -2.20. The highest BCUT2D eigenvalue weighted by atomic mass is 16.5. The molecule has 2 rings (SSSR count). The van der Waals surface area contributed by atoms with Crippen molar-refractivity contribution >= 4 is 5.91 Å². The van der Waals surface area contributed by atoms with E-state index in [9.17, 15) is 4.79 Å². The second kappa shape index (κ2) is 9.13. The topological polar surface area (TPSA) is 65.1 Å². The van der Waals surface area contributed by atoms with Crippen molar-refractivity contribution in [2.45, 2.75) is 19.4 Å². The molecule has 2 N–H and O–H groups in total. The quantitative estimate of drug-likeness (QED) is 0.725. The van der Waals surface area contributed by atoms with E-state index in [1.54, 1.807) is 31.6 Å². The van der Waals surface area contributed by atoms with Gasteiger partial charge in [-0.05, 0) is 36.8 Å². The zero-order valence-corrected chi connectivity index (χ0v) is 15.3. The molecule has 136 valence electrons. The maximum Gasteiger partial charge on any atom is 0.251 e. The Morgan fingerprint density at radius 2 is 2.08 bits per heavy atom. The van der Waals surface area contributed by atoms with E-state index < -0.39 is 0 Å². The fourth-order valence-electron chi connectivity index (χ4n) is 2.52. The van der Waals surface area contributed by atoms with Crippen LogP contribution in [0.1, 0.15) is 35.5 Å². The van der Waals surface area contributed by atoms with Gasteiger partial charge in [0, 0.05) is 5.56 Å². The largest absolute Gasteiger partial charge is 0.493 e. The molecule has 1 heterocycles. The molecule has 1 aromatic heterocycles. The van der Waals surface area contributed by atoms with Crippen LogP contribution in [0.2, 0.25) is 0 Å². The van der Waals surface area contributed by atoms with Crippen LogP contribution in [0.3, 0.4) is 0 Å². The number of hydrogen-bond acceptors (Lipinski definition) is 4. The van der Waals surface area contributed by atoms with Crippen LogP contribution in [-0.4, -0.2) is 40.3 Å². The molecule has 0 saturated carbocycles. The van der Waals surface area contributed by atoms with E-state index in [2.05, 4.69) is 5.32 Å². The second-order valence-electron chi connectivity index (χ2n) is 6.07. The SMILES string of the molecule is CCCOc1ccc(C(=O)NC[C@@H](c2ccco2)[NH+](C)C)cc1OC. The number of methoxy groups -OCH3 is 1. The minimum Gasteiger partial charge on any atom is -0.493 e. The van der Waals surface area contributed by atoms with Crippen LogP contribution in [0.5, 0.6) is 11.5 Å². The Kier molecular flexibility index (Phi) is 6.89. The first-order chi connectivity index (χ1) is 12.1. The van der Waals surface area contributed by atoms with Gasteiger partial charge in [0.1, 0.15) is 0 Å². The molecular formula is C19H27N2O4+. The number of nitrogens with one attached hydrogen (secondary N) is 2. The molecule has 0 unspecified atom stereocenters. The maximum absolute atomic E-state index is 12.5. The van der Waals surface area contributed by atoms with E-state index in [1.807, 2.05) is 33.2 Å². The Bertz CT molecular complexity index is 668. The van der Waals surface area contributed by atoms with Crippen molar-refractivity contribution in [1.29, 1.82) is 0 Å². The zero-order valence-electron chi connectivity index (χ0n) is 15.3. The molecule has 1 aromatic carbocycles. The summed E-state index contributed by atoms with van der Waals surface area (Å²) in [6.07, 6.45) is 2.55. The summed E-state index contributed by atoms with van der Waals surface area (Å²) < 4.78 is 16.4. The molecule has 6 heteroatoms. The van der Waals surface area contributed by atoms with Crippen molar-refractivity contribution in [1.82, 2.24) is 5.32 Å². The zero-order chi connectivity index (χ0) is 18.2. The molecule has 0 radical (unpaired) electrons. The smallest absolute Gasteiger partial charge is 0.251 e. The van der Waals surface area contributed by atoms with Crippen LogP contribution >= 0.6 is 0 Å². The van der Waals surface area contributed by atoms with Crippen molar-refractivity contribution in [3.8, 4) is 11.5 Å². The predicted molar refractivity (Wildman–Crippen MR) is 95.4 cm³/mol. The first-order valence-corrected chi connectivity index (χ1v) is 8.49. The van der Waals surface area contributed by atoms with Crippen LogP contribution in [0.25, 0.3) is 0 Å².